The van der Waals surface area contributed by atoms with Gasteiger partial charge in [-0.15, -0.1) is 0 Å². The van der Waals surface area contributed by atoms with Crippen LogP contribution in [0.5, 0.6) is 0 Å². The van der Waals surface area contributed by atoms with Gasteiger partial charge in [-0.1, -0.05) is 13.8 Å². The zero-order valence-electron chi connectivity index (χ0n) is 12.6. The lowest BCUT2D eigenvalue weighted by molar-refractivity contribution is 0.584. The van der Waals surface area contributed by atoms with Crippen molar-refractivity contribution in [2.75, 3.05) is 17.6 Å². The van der Waals surface area contributed by atoms with Crippen molar-refractivity contribution in [1.82, 2.24) is 4.72 Å². The molecule has 118 valence electrons. The number of sulfonamides is 1. The van der Waals surface area contributed by atoms with Crippen molar-refractivity contribution in [2.24, 2.45) is 0 Å². The van der Waals surface area contributed by atoms with Gasteiger partial charge in [0.25, 0.3) is 0 Å². The molecular weight excluding hydrogens is 304 g/mol. The normalized spacial score (nSPS) is 22.4. The summed E-state index contributed by atoms with van der Waals surface area (Å²) < 4.78 is 26.2. The van der Waals surface area contributed by atoms with E-state index in [2.05, 4.69) is 17.0 Å². The Kier molecular flexibility index (Phi) is 5.96. The molecule has 1 aromatic carbocycles. The van der Waals surface area contributed by atoms with Gasteiger partial charge in [-0.25, -0.2) is 13.1 Å². The van der Waals surface area contributed by atoms with E-state index in [0.717, 1.165) is 10.9 Å². The van der Waals surface area contributed by atoms with Gasteiger partial charge < -0.3 is 5.32 Å². The van der Waals surface area contributed by atoms with E-state index in [-0.39, 0.29) is 0 Å². The van der Waals surface area contributed by atoms with Crippen LogP contribution in [0.15, 0.2) is 29.2 Å². The first-order chi connectivity index (χ1) is 10.0. The number of hydrogen-bond donors (Lipinski definition) is 2. The molecule has 0 bridgehead atoms. The maximum absolute atomic E-state index is 11.9. The number of hydrogen-bond acceptors (Lipinski definition) is 4. The average molecular weight is 329 g/mol. The molecule has 1 saturated carbocycles. The molecule has 0 aromatic heterocycles. The van der Waals surface area contributed by atoms with Crippen LogP contribution in [-0.4, -0.2) is 32.0 Å². The molecule has 0 radical (unpaired) electrons. The minimum Gasteiger partial charge on any atom is -0.382 e. The van der Waals surface area contributed by atoms with Gasteiger partial charge in [-0.05, 0) is 49.3 Å². The summed E-state index contributed by atoms with van der Waals surface area (Å²) in [6, 6.07) is 7.53. The summed E-state index contributed by atoms with van der Waals surface area (Å²) >= 11 is 2.04. The molecule has 1 fully saturated rings. The van der Waals surface area contributed by atoms with Crippen molar-refractivity contribution >= 4 is 27.5 Å². The molecule has 1 aliphatic carbocycles. The SMILES string of the molecule is CCNS(=O)(=O)c1ccc(NC2CCC(SCC)C2)cc1. The highest BCUT2D eigenvalue weighted by Crippen LogP contribution is 2.31. The Bertz CT molecular complexity index is 543. The maximum Gasteiger partial charge on any atom is 0.240 e. The second kappa shape index (κ2) is 7.51. The molecule has 6 heteroatoms. The average Bonchev–Trinajstić information content (AvgIpc) is 2.87. The first-order valence-electron chi connectivity index (χ1n) is 7.53. The quantitative estimate of drug-likeness (QED) is 0.807. The minimum atomic E-state index is -3.35. The van der Waals surface area contributed by atoms with Crippen molar-refractivity contribution in [3.8, 4) is 0 Å². The molecule has 1 aromatic rings. The standard InChI is InChI=1S/C15H24N2O2S2/c1-3-16-21(18,19)15-9-6-12(7-10-15)17-13-5-8-14(11-13)20-4-2/h6-7,9-10,13-14,16-17H,3-5,8,11H2,1-2H3. The lowest BCUT2D eigenvalue weighted by Crippen LogP contribution is -2.23. The van der Waals surface area contributed by atoms with Crippen LogP contribution in [0.2, 0.25) is 0 Å². The third-order valence-corrected chi connectivity index (χ3v) is 6.45. The maximum atomic E-state index is 11.9. The van der Waals surface area contributed by atoms with Gasteiger partial charge in [-0.2, -0.15) is 11.8 Å². The summed E-state index contributed by atoms with van der Waals surface area (Å²) in [6.45, 7) is 4.38. The Morgan fingerprint density at radius 2 is 1.90 bits per heavy atom. The highest BCUT2D eigenvalue weighted by atomic mass is 32.2. The van der Waals surface area contributed by atoms with Crippen LogP contribution in [0.4, 0.5) is 5.69 Å². The number of thioether (sulfide) groups is 1. The van der Waals surface area contributed by atoms with E-state index in [1.807, 2.05) is 23.9 Å². The van der Waals surface area contributed by atoms with Crippen molar-refractivity contribution in [1.29, 1.82) is 0 Å². The van der Waals surface area contributed by atoms with Crippen molar-refractivity contribution in [2.45, 2.75) is 49.3 Å². The summed E-state index contributed by atoms with van der Waals surface area (Å²) in [5.74, 6) is 1.17. The van der Waals surface area contributed by atoms with E-state index in [1.54, 1.807) is 19.1 Å². The van der Waals surface area contributed by atoms with Gasteiger partial charge in [0.1, 0.15) is 0 Å². The molecule has 0 amide bonds. The molecular formula is C15H24N2O2S2. The number of nitrogens with one attached hydrogen (secondary N) is 2. The molecule has 2 unspecified atom stereocenters. The molecule has 21 heavy (non-hydrogen) atoms. The predicted molar refractivity (Wildman–Crippen MR) is 90.5 cm³/mol. The monoisotopic (exact) mass is 328 g/mol. The Labute approximate surface area is 132 Å². The number of benzene rings is 1. The van der Waals surface area contributed by atoms with Crippen LogP contribution < -0.4 is 10.0 Å². The molecule has 2 atom stereocenters. The van der Waals surface area contributed by atoms with Crippen molar-refractivity contribution < 1.29 is 8.42 Å². The second-order valence-corrected chi connectivity index (χ2v) is 8.60. The van der Waals surface area contributed by atoms with Crippen LogP contribution in [-0.2, 0) is 10.0 Å². The summed E-state index contributed by atoms with van der Waals surface area (Å²) in [5.41, 5.74) is 0.998. The molecule has 0 heterocycles. The Morgan fingerprint density at radius 3 is 2.52 bits per heavy atom. The largest absolute Gasteiger partial charge is 0.382 e. The van der Waals surface area contributed by atoms with E-state index < -0.39 is 10.0 Å². The molecule has 0 spiro atoms. The van der Waals surface area contributed by atoms with E-state index in [9.17, 15) is 8.42 Å². The molecule has 2 N–H and O–H groups in total. The van der Waals surface area contributed by atoms with Crippen molar-refractivity contribution in [3.63, 3.8) is 0 Å². The highest BCUT2D eigenvalue weighted by molar-refractivity contribution is 7.99. The van der Waals surface area contributed by atoms with Crippen LogP contribution >= 0.6 is 11.8 Å². The zero-order valence-corrected chi connectivity index (χ0v) is 14.3. The molecule has 0 saturated heterocycles. The summed E-state index contributed by atoms with van der Waals surface area (Å²) in [7, 11) is -3.35. The van der Waals surface area contributed by atoms with E-state index in [0.29, 0.717) is 17.5 Å². The molecule has 4 nitrogen and oxygen atoms in total. The summed E-state index contributed by atoms with van der Waals surface area (Å²) in [4.78, 5) is 0.320. The lowest BCUT2D eigenvalue weighted by atomic mass is 10.2. The fourth-order valence-electron chi connectivity index (χ4n) is 2.70. The zero-order chi connectivity index (χ0) is 15.3. The van der Waals surface area contributed by atoms with Crippen LogP contribution in [0.3, 0.4) is 0 Å². The first-order valence-corrected chi connectivity index (χ1v) is 10.1. The Morgan fingerprint density at radius 1 is 1.19 bits per heavy atom. The Hall–Kier alpha value is -0.720. The van der Waals surface area contributed by atoms with Crippen LogP contribution in [0.1, 0.15) is 33.1 Å². The minimum absolute atomic E-state index is 0.320. The molecule has 1 aliphatic rings. The second-order valence-electron chi connectivity index (χ2n) is 5.26. The number of rotatable bonds is 7. The van der Waals surface area contributed by atoms with Gasteiger partial charge >= 0.3 is 0 Å². The van der Waals surface area contributed by atoms with E-state index in [4.69, 9.17) is 0 Å². The molecule has 0 aliphatic heterocycles. The smallest absolute Gasteiger partial charge is 0.240 e. The Balaban J connectivity index is 1.94. The van der Waals surface area contributed by atoms with Crippen LogP contribution in [0.25, 0.3) is 0 Å². The van der Waals surface area contributed by atoms with Crippen molar-refractivity contribution in [3.05, 3.63) is 24.3 Å². The fourth-order valence-corrected chi connectivity index (χ4v) is 4.88. The number of anilines is 1. The van der Waals surface area contributed by atoms with Gasteiger partial charge in [-0.3, -0.25) is 0 Å². The van der Waals surface area contributed by atoms with E-state index in [1.165, 1.54) is 25.0 Å². The summed E-state index contributed by atoms with van der Waals surface area (Å²) in [5, 5.41) is 4.28. The van der Waals surface area contributed by atoms with E-state index >= 15 is 0 Å². The lowest BCUT2D eigenvalue weighted by Gasteiger charge is -2.15. The third kappa shape index (κ3) is 4.63. The van der Waals surface area contributed by atoms with Gasteiger partial charge in [0.05, 0.1) is 4.90 Å². The van der Waals surface area contributed by atoms with Gasteiger partial charge in [0.15, 0.2) is 0 Å². The predicted octanol–water partition coefficient (Wildman–Crippen LogP) is 3.07. The topological polar surface area (TPSA) is 58.2 Å². The summed E-state index contributed by atoms with van der Waals surface area (Å²) in [6.07, 6.45) is 3.65. The first kappa shape index (κ1) is 16.6. The fraction of sp³-hybridized carbons (Fsp3) is 0.600. The molecule has 2 rings (SSSR count). The van der Waals surface area contributed by atoms with Crippen LogP contribution in [0, 0.1) is 0 Å². The van der Waals surface area contributed by atoms with Gasteiger partial charge in [0.2, 0.25) is 10.0 Å². The highest BCUT2D eigenvalue weighted by Gasteiger charge is 2.24. The third-order valence-electron chi connectivity index (χ3n) is 3.66. The van der Waals surface area contributed by atoms with Gasteiger partial charge in [0, 0.05) is 23.5 Å².